The Morgan fingerprint density at radius 1 is 0.839 bits per heavy atom. The van der Waals surface area contributed by atoms with E-state index >= 15 is 0 Å². The highest BCUT2D eigenvalue weighted by Gasteiger charge is 2.26. The molecule has 4 heteroatoms. The number of benzene rings is 3. The normalized spacial score (nSPS) is 13.0. The van der Waals surface area contributed by atoms with Gasteiger partial charge in [-0.3, -0.25) is 0 Å². The molecule has 0 saturated carbocycles. The van der Waals surface area contributed by atoms with Crippen LogP contribution in [0.3, 0.4) is 0 Å². The van der Waals surface area contributed by atoms with Gasteiger partial charge in [0.15, 0.2) is 5.65 Å². The predicted molar refractivity (Wildman–Crippen MR) is 126 cm³/mol. The van der Waals surface area contributed by atoms with Crippen molar-refractivity contribution in [3.05, 3.63) is 103 Å². The Morgan fingerprint density at radius 3 is 2.55 bits per heavy atom. The standard InChI is InChI=1S/C27H22N4/c1-19-8-7-12-22(16-19)31-17-23(20-9-3-2-4-10-20)25-26(28-18-29-27(25)31)30-15-14-21-11-5-6-13-24(21)30/h2-13,16-18H,14-15H2,1H3. The third kappa shape index (κ3) is 2.91. The molecule has 0 amide bonds. The van der Waals surface area contributed by atoms with Crippen molar-refractivity contribution in [1.29, 1.82) is 0 Å². The van der Waals surface area contributed by atoms with Crippen LogP contribution in [-0.2, 0) is 6.42 Å². The Morgan fingerprint density at radius 2 is 1.68 bits per heavy atom. The lowest BCUT2D eigenvalue weighted by molar-refractivity contribution is 0.971. The molecule has 0 fully saturated rings. The zero-order valence-corrected chi connectivity index (χ0v) is 17.4. The average molecular weight is 403 g/mol. The highest BCUT2D eigenvalue weighted by atomic mass is 15.2. The lowest BCUT2D eigenvalue weighted by Crippen LogP contribution is -2.15. The molecule has 0 aliphatic carbocycles. The van der Waals surface area contributed by atoms with Gasteiger partial charge in [-0.05, 0) is 48.2 Å². The monoisotopic (exact) mass is 402 g/mol. The van der Waals surface area contributed by atoms with Gasteiger partial charge in [0.2, 0.25) is 0 Å². The topological polar surface area (TPSA) is 34.0 Å². The number of aromatic nitrogens is 3. The molecule has 6 rings (SSSR count). The Kier molecular flexibility index (Phi) is 4.10. The van der Waals surface area contributed by atoms with E-state index in [0.717, 1.165) is 41.1 Å². The number of para-hydroxylation sites is 1. The van der Waals surface area contributed by atoms with Crippen LogP contribution in [0, 0.1) is 6.92 Å². The number of hydrogen-bond donors (Lipinski definition) is 0. The minimum absolute atomic E-state index is 0.926. The zero-order valence-electron chi connectivity index (χ0n) is 17.4. The van der Waals surface area contributed by atoms with Gasteiger partial charge in [-0.2, -0.15) is 0 Å². The van der Waals surface area contributed by atoms with E-state index in [1.54, 1.807) is 6.33 Å². The summed E-state index contributed by atoms with van der Waals surface area (Å²) in [6.07, 6.45) is 4.93. The molecule has 0 atom stereocenters. The van der Waals surface area contributed by atoms with E-state index in [4.69, 9.17) is 9.97 Å². The summed E-state index contributed by atoms with van der Waals surface area (Å²) in [7, 11) is 0. The number of aryl methyl sites for hydroxylation is 1. The Hall–Kier alpha value is -3.92. The SMILES string of the molecule is Cc1cccc(-n2cc(-c3ccccc3)c3c(N4CCc5ccccc54)ncnc32)c1. The quantitative estimate of drug-likeness (QED) is 0.366. The number of anilines is 2. The fraction of sp³-hybridized carbons (Fsp3) is 0.111. The highest BCUT2D eigenvalue weighted by Crippen LogP contribution is 2.41. The van der Waals surface area contributed by atoms with Gasteiger partial charge in [-0.25, -0.2) is 9.97 Å². The molecule has 0 bridgehead atoms. The van der Waals surface area contributed by atoms with Gasteiger partial charge in [0.05, 0.1) is 5.39 Å². The first-order valence-electron chi connectivity index (χ1n) is 10.6. The van der Waals surface area contributed by atoms with E-state index in [-0.39, 0.29) is 0 Å². The number of nitrogens with zero attached hydrogens (tertiary/aromatic N) is 4. The van der Waals surface area contributed by atoms with Gasteiger partial charge in [0, 0.05) is 29.7 Å². The maximum absolute atomic E-state index is 4.80. The van der Waals surface area contributed by atoms with Crippen LogP contribution in [0.25, 0.3) is 27.8 Å². The Bertz CT molecular complexity index is 1400. The number of hydrogen-bond acceptors (Lipinski definition) is 3. The minimum Gasteiger partial charge on any atom is -0.325 e. The predicted octanol–water partition coefficient (Wildman–Crippen LogP) is 6.09. The molecule has 3 aromatic carbocycles. The number of rotatable bonds is 3. The van der Waals surface area contributed by atoms with Crippen LogP contribution < -0.4 is 4.90 Å². The van der Waals surface area contributed by atoms with Crippen molar-refractivity contribution in [3.63, 3.8) is 0 Å². The van der Waals surface area contributed by atoms with Gasteiger partial charge >= 0.3 is 0 Å². The lowest BCUT2D eigenvalue weighted by atomic mass is 10.1. The second-order valence-corrected chi connectivity index (χ2v) is 8.04. The van der Waals surface area contributed by atoms with E-state index in [0.29, 0.717) is 0 Å². The van der Waals surface area contributed by atoms with Crippen LogP contribution in [0.15, 0.2) is 91.4 Å². The summed E-state index contributed by atoms with van der Waals surface area (Å²) in [6, 6.07) is 27.7. The van der Waals surface area contributed by atoms with Crippen LogP contribution in [0.1, 0.15) is 11.1 Å². The van der Waals surface area contributed by atoms with Crippen LogP contribution >= 0.6 is 0 Å². The minimum atomic E-state index is 0.926. The Labute approximate surface area is 181 Å². The molecule has 0 spiro atoms. The maximum Gasteiger partial charge on any atom is 0.150 e. The molecule has 0 saturated heterocycles. The molecular weight excluding hydrogens is 380 g/mol. The molecule has 2 aromatic heterocycles. The van der Waals surface area contributed by atoms with Crippen LogP contribution in [0.5, 0.6) is 0 Å². The van der Waals surface area contributed by atoms with Crippen molar-refractivity contribution in [3.8, 4) is 16.8 Å². The average Bonchev–Trinajstić information content (AvgIpc) is 3.42. The molecule has 1 aliphatic heterocycles. The summed E-state index contributed by atoms with van der Waals surface area (Å²) < 4.78 is 2.19. The lowest BCUT2D eigenvalue weighted by Gasteiger charge is -2.19. The van der Waals surface area contributed by atoms with E-state index in [2.05, 4.69) is 101 Å². The van der Waals surface area contributed by atoms with Crippen molar-refractivity contribution in [2.24, 2.45) is 0 Å². The van der Waals surface area contributed by atoms with E-state index < -0.39 is 0 Å². The second kappa shape index (κ2) is 7.10. The van der Waals surface area contributed by atoms with Crippen molar-refractivity contribution >= 4 is 22.5 Å². The first-order valence-corrected chi connectivity index (χ1v) is 10.6. The highest BCUT2D eigenvalue weighted by molar-refractivity contribution is 6.03. The maximum atomic E-state index is 4.80. The zero-order chi connectivity index (χ0) is 20.8. The fourth-order valence-corrected chi connectivity index (χ4v) is 4.62. The van der Waals surface area contributed by atoms with Gasteiger partial charge < -0.3 is 9.47 Å². The van der Waals surface area contributed by atoms with Gasteiger partial charge in [0.1, 0.15) is 12.1 Å². The van der Waals surface area contributed by atoms with Gasteiger partial charge in [-0.1, -0.05) is 60.7 Å². The molecular formula is C27H22N4. The smallest absolute Gasteiger partial charge is 0.150 e. The first kappa shape index (κ1) is 17.9. The molecule has 0 radical (unpaired) electrons. The van der Waals surface area contributed by atoms with Crippen molar-refractivity contribution in [2.75, 3.05) is 11.4 Å². The molecule has 3 heterocycles. The van der Waals surface area contributed by atoms with Crippen molar-refractivity contribution in [1.82, 2.24) is 14.5 Å². The molecule has 150 valence electrons. The van der Waals surface area contributed by atoms with Crippen LogP contribution in [0.4, 0.5) is 11.5 Å². The molecule has 5 aromatic rings. The molecule has 31 heavy (non-hydrogen) atoms. The summed E-state index contributed by atoms with van der Waals surface area (Å²) in [5.74, 6) is 0.972. The van der Waals surface area contributed by atoms with Gasteiger partial charge in [0.25, 0.3) is 0 Å². The van der Waals surface area contributed by atoms with Gasteiger partial charge in [-0.15, -0.1) is 0 Å². The second-order valence-electron chi connectivity index (χ2n) is 8.04. The molecule has 0 N–H and O–H groups in total. The molecule has 0 unspecified atom stereocenters. The van der Waals surface area contributed by atoms with E-state index in [1.165, 1.54) is 22.4 Å². The Balaban J connectivity index is 1.65. The molecule has 1 aliphatic rings. The van der Waals surface area contributed by atoms with Crippen molar-refractivity contribution in [2.45, 2.75) is 13.3 Å². The number of fused-ring (bicyclic) bond motifs is 2. The van der Waals surface area contributed by atoms with E-state index in [9.17, 15) is 0 Å². The third-order valence-corrected chi connectivity index (χ3v) is 6.07. The summed E-state index contributed by atoms with van der Waals surface area (Å²) in [6.45, 7) is 3.05. The first-order chi connectivity index (χ1) is 15.3. The van der Waals surface area contributed by atoms with Crippen LogP contribution in [0.2, 0.25) is 0 Å². The molecule has 4 nitrogen and oxygen atoms in total. The largest absolute Gasteiger partial charge is 0.325 e. The summed E-state index contributed by atoms with van der Waals surface area (Å²) in [4.78, 5) is 11.9. The summed E-state index contributed by atoms with van der Waals surface area (Å²) >= 11 is 0. The fourth-order valence-electron chi connectivity index (χ4n) is 4.62. The summed E-state index contributed by atoms with van der Waals surface area (Å²) in [5.41, 5.74) is 8.19. The van der Waals surface area contributed by atoms with Crippen molar-refractivity contribution < 1.29 is 0 Å². The summed E-state index contributed by atoms with van der Waals surface area (Å²) in [5, 5.41) is 1.09. The van der Waals surface area contributed by atoms with E-state index in [1.807, 2.05) is 0 Å². The van der Waals surface area contributed by atoms with Crippen LogP contribution in [-0.4, -0.2) is 21.1 Å². The third-order valence-electron chi connectivity index (χ3n) is 6.07.